The van der Waals surface area contributed by atoms with Crippen LogP contribution in [0.5, 0.6) is 0 Å². The largest absolute Gasteiger partial charge is 0.113 e. The van der Waals surface area contributed by atoms with Crippen LogP contribution in [0.25, 0.3) is 0 Å². The van der Waals surface area contributed by atoms with Crippen LogP contribution < -0.4 is 0 Å². The lowest BCUT2D eigenvalue weighted by Crippen LogP contribution is -1.92. The highest BCUT2D eigenvalue weighted by Gasteiger charge is 2.03. The fourth-order valence-electron chi connectivity index (χ4n) is 1.08. The Morgan fingerprint density at radius 3 is 2.30 bits per heavy atom. The van der Waals surface area contributed by atoms with Gasteiger partial charge in [0.15, 0.2) is 0 Å². The minimum Gasteiger partial charge on any atom is -0.113 e. The fraction of sp³-hybridized carbons (Fsp3) is 0.556. The Kier molecular flexibility index (Phi) is 3.15. The van der Waals surface area contributed by atoms with Gasteiger partial charge >= 0.3 is 0 Å². The number of hydrogen-bond donors (Lipinski definition) is 0. The molecule has 10 heavy (non-hydrogen) atoms. The standard InChI is InChI=1S/C9H15P/c1-10(2)8-7-9-5-3-4-6-9/h3-6,9H,7-8H2,1-2H3. The van der Waals surface area contributed by atoms with Crippen molar-refractivity contribution >= 4 is 7.92 Å². The molecule has 0 bridgehead atoms. The van der Waals surface area contributed by atoms with Crippen molar-refractivity contribution in [1.29, 1.82) is 0 Å². The first-order valence-electron chi connectivity index (χ1n) is 3.79. The highest BCUT2D eigenvalue weighted by atomic mass is 31.1. The zero-order valence-electron chi connectivity index (χ0n) is 6.75. The van der Waals surface area contributed by atoms with Crippen LogP contribution in [0.15, 0.2) is 24.3 Å². The van der Waals surface area contributed by atoms with Crippen LogP contribution in [0.4, 0.5) is 0 Å². The monoisotopic (exact) mass is 154 g/mol. The van der Waals surface area contributed by atoms with Crippen LogP contribution in [0.3, 0.4) is 0 Å². The Morgan fingerprint density at radius 1 is 1.20 bits per heavy atom. The van der Waals surface area contributed by atoms with E-state index >= 15 is 0 Å². The Morgan fingerprint density at radius 2 is 1.80 bits per heavy atom. The predicted molar refractivity (Wildman–Crippen MR) is 50.0 cm³/mol. The second-order valence-corrected chi connectivity index (χ2v) is 5.63. The molecule has 0 fully saturated rings. The number of hydrogen-bond acceptors (Lipinski definition) is 0. The van der Waals surface area contributed by atoms with Crippen LogP contribution in [0.2, 0.25) is 0 Å². The first-order valence-corrected chi connectivity index (χ1v) is 6.21. The molecule has 0 N–H and O–H groups in total. The molecule has 1 rings (SSSR count). The van der Waals surface area contributed by atoms with Gasteiger partial charge in [-0.05, 0) is 31.8 Å². The number of allylic oxidation sites excluding steroid dienone is 4. The van der Waals surface area contributed by atoms with Crippen LogP contribution in [-0.2, 0) is 0 Å². The van der Waals surface area contributed by atoms with Gasteiger partial charge in [0.25, 0.3) is 0 Å². The average molecular weight is 154 g/mol. The second-order valence-electron chi connectivity index (χ2n) is 3.03. The van der Waals surface area contributed by atoms with Gasteiger partial charge < -0.3 is 0 Å². The van der Waals surface area contributed by atoms with Gasteiger partial charge in [0.05, 0.1) is 0 Å². The molecule has 0 spiro atoms. The molecule has 0 aromatic carbocycles. The summed E-state index contributed by atoms with van der Waals surface area (Å²) in [6.45, 7) is 4.69. The molecule has 0 saturated heterocycles. The van der Waals surface area contributed by atoms with E-state index in [1.165, 1.54) is 12.6 Å². The van der Waals surface area contributed by atoms with Gasteiger partial charge in [-0.2, -0.15) is 0 Å². The number of rotatable bonds is 3. The summed E-state index contributed by atoms with van der Waals surface area (Å²) in [5.74, 6) is 0.755. The van der Waals surface area contributed by atoms with E-state index in [9.17, 15) is 0 Å². The smallest absolute Gasteiger partial charge is 0.00439 e. The summed E-state index contributed by atoms with van der Waals surface area (Å²) >= 11 is 0. The SMILES string of the molecule is CP(C)CCC1C=CC=C1. The maximum absolute atomic E-state index is 2.34. The summed E-state index contributed by atoms with van der Waals surface area (Å²) in [5.41, 5.74) is 0. The van der Waals surface area contributed by atoms with Crippen molar-refractivity contribution in [1.82, 2.24) is 0 Å². The van der Waals surface area contributed by atoms with Crippen molar-refractivity contribution < 1.29 is 0 Å². The molecule has 1 aliphatic carbocycles. The molecule has 0 radical (unpaired) electrons. The van der Waals surface area contributed by atoms with Crippen molar-refractivity contribution in [3.05, 3.63) is 24.3 Å². The summed E-state index contributed by atoms with van der Waals surface area (Å²) in [7, 11) is 0.316. The maximum atomic E-state index is 2.34. The molecule has 0 aromatic rings. The average Bonchev–Trinajstić information content (AvgIpc) is 2.34. The molecule has 0 unspecified atom stereocenters. The molecule has 0 aromatic heterocycles. The Balaban J connectivity index is 2.14. The van der Waals surface area contributed by atoms with Crippen LogP contribution in [0, 0.1) is 5.92 Å². The van der Waals surface area contributed by atoms with Gasteiger partial charge in [-0.25, -0.2) is 0 Å². The normalized spacial score (nSPS) is 17.5. The zero-order chi connectivity index (χ0) is 7.40. The van der Waals surface area contributed by atoms with E-state index in [-0.39, 0.29) is 0 Å². The molecule has 0 atom stereocenters. The van der Waals surface area contributed by atoms with Crippen molar-refractivity contribution in [2.75, 3.05) is 19.5 Å². The lowest BCUT2D eigenvalue weighted by atomic mass is 10.1. The summed E-state index contributed by atoms with van der Waals surface area (Å²) in [6.07, 6.45) is 11.6. The van der Waals surface area contributed by atoms with Crippen LogP contribution >= 0.6 is 7.92 Å². The van der Waals surface area contributed by atoms with E-state index in [1.54, 1.807) is 0 Å². The summed E-state index contributed by atoms with van der Waals surface area (Å²) in [6, 6.07) is 0. The molecule has 0 aliphatic heterocycles. The third kappa shape index (κ3) is 2.66. The zero-order valence-corrected chi connectivity index (χ0v) is 7.64. The highest BCUT2D eigenvalue weighted by Crippen LogP contribution is 2.28. The Bertz CT molecular complexity index is 133. The van der Waals surface area contributed by atoms with Gasteiger partial charge in [0.2, 0.25) is 0 Å². The Hall–Kier alpha value is -0.0900. The van der Waals surface area contributed by atoms with Crippen molar-refractivity contribution in [2.45, 2.75) is 6.42 Å². The first-order chi connectivity index (χ1) is 4.79. The molecular formula is C9H15P. The third-order valence-electron chi connectivity index (χ3n) is 1.74. The van der Waals surface area contributed by atoms with E-state index < -0.39 is 0 Å². The first kappa shape index (κ1) is 8.01. The summed E-state index contributed by atoms with van der Waals surface area (Å²) < 4.78 is 0. The summed E-state index contributed by atoms with van der Waals surface area (Å²) in [4.78, 5) is 0. The molecule has 0 amide bonds. The van der Waals surface area contributed by atoms with Crippen LogP contribution in [0.1, 0.15) is 6.42 Å². The molecule has 56 valence electrons. The third-order valence-corrected chi connectivity index (χ3v) is 2.89. The second kappa shape index (κ2) is 3.93. The van der Waals surface area contributed by atoms with Crippen molar-refractivity contribution in [3.8, 4) is 0 Å². The maximum Gasteiger partial charge on any atom is -0.00439 e. The van der Waals surface area contributed by atoms with Crippen molar-refractivity contribution in [2.24, 2.45) is 5.92 Å². The van der Waals surface area contributed by atoms with Crippen molar-refractivity contribution in [3.63, 3.8) is 0 Å². The van der Waals surface area contributed by atoms with Gasteiger partial charge in [-0.3, -0.25) is 0 Å². The lowest BCUT2D eigenvalue weighted by Gasteiger charge is -2.07. The van der Waals surface area contributed by atoms with E-state index in [4.69, 9.17) is 0 Å². The van der Waals surface area contributed by atoms with E-state index in [0.717, 1.165) is 5.92 Å². The van der Waals surface area contributed by atoms with Gasteiger partial charge in [-0.15, -0.1) is 7.92 Å². The van der Waals surface area contributed by atoms with E-state index in [2.05, 4.69) is 37.6 Å². The van der Waals surface area contributed by atoms with E-state index in [1.807, 2.05) is 0 Å². The predicted octanol–water partition coefficient (Wildman–Crippen LogP) is 2.86. The topological polar surface area (TPSA) is 0 Å². The molecule has 0 heterocycles. The van der Waals surface area contributed by atoms with Crippen LogP contribution in [-0.4, -0.2) is 19.5 Å². The van der Waals surface area contributed by atoms with Gasteiger partial charge in [-0.1, -0.05) is 24.3 Å². The highest BCUT2D eigenvalue weighted by molar-refractivity contribution is 7.55. The molecule has 0 saturated carbocycles. The van der Waals surface area contributed by atoms with E-state index in [0.29, 0.717) is 7.92 Å². The molecule has 0 nitrogen and oxygen atoms in total. The molecule has 1 aliphatic rings. The van der Waals surface area contributed by atoms with Gasteiger partial charge in [0.1, 0.15) is 0 Å². The summed E-state index contributed by atoms with van der Waals surface area (Å²) in [5, 5.41) is 0. The fourth-order valence-corrected chi connectivity index (χ4v) is 1.89. The minimum atomic E-state index is 0.316. The quantitative estimate of drug-likeness (QED) is 0.548. The Labute approximate surface area is 64.8 Å². The molecule has 1 heteroatoms. The van der Waals surface area contributed by atoms with Gasteiger partial charge in [0, 0.05) is 0 Å². The molecular weight excluding hydrogens is 139 g/mol. The minimum absolute atomic E-state index is 0.316. The lowest BCUT2D eigenvalue weighted by molar-refractivity contribution is 0.790.